The molecule has 176 valence electrons. The van der Waals surface area contributed by atoms with Gasteiger partial charge in [0.05, 0.1) is 17.3 Å². The molecule has 0 aliphatic rings. The van der Waals surface area contributed by atoms with Crippen molar-refractivity contribution in [2.24, 2.45) is 5.73 Å². The topological polar surface area (TPSA) is 105 Å². The largest absolute Gasteiger partial charge is 0.363 e. The van der Waals surface area contributed by atoms with Crippen LogP contribution in [0.1, 0.15) is 67.2 Å². The number of primary amides is 1. The van der Waals surface area contributed by atoms with E-state index in [-0.39, 0.29) is 0 Å². The third-order valence-corrected chi connectivity index (χ3v) is 5.51. The summed E-state index contributed by atoms with van der Waals surface area (Å²) in [5, 5.41) is 2.66. The number of ketones is 1. The average molecular weight is 451 g/mol. The van der Waals surface area contributed by atoms with E-state index in [9.17, 15) is 14.4 Å². The minimum atomic E-state index is -1.05. The Hall–Kier alpha value is -3.32. The highest BCUT2D eigenvalue weighted by molar-refractivity contribution is 6.38. The van der Waals surface area contributed by atoms with Gasteiger partial charge < -0.3 is 11.1 Å². The lowest BCUT2D eigenvalue weighted by molar-refractivity contribution is -0.137. The molecule has 0 aliphatic carbocycles. The number of pyridine rings is 1. The first-order chi connectivity index (χ1) is 15.9. The van der Waals surface area contributed by atoms with Crippen LogP contribution in [0.25, 0.3) is 12.2 Å². The summed E-state index contributed by atoms with van der Waals surface area (Å²) in [5.41, 5.74) is 8.18. The van der Waals surface area contributed by atoms with Crippen molar-refractivity contribution in [1.82, 2.24) is 15.2 Å². The lowest BCUT2D eigenvalue weighted by Gasteiger charge is -2.17. The molecule has 33 heavy (non-hydrogen) atoms. The molecule has 0 fully saturated rings. The van der Waals surface area contributed by atoms with Gasteiger partial charge >= 0.3 is 0 Å². The molecule has 2 rings (SSSR count). The standard InChI is InChI=1S/C26H34N4O3/c1-4-7-10-23(24(31)25(27)32)29-26(33)21-9-8-17-28-22(21)16-15-19-11-13-20(14-12-19)18-30(5-2)6-3/h8-9,11-17,23H,4-7,10,18H2,1-3H3,(H2,27,32)(H,29,33)/b16-15+. The second-order valence-electron chi connectivity index (χ2n) is 7.87. The highest BCUT2D eigenvalue weighted by atomic mass is 16.2. The number of carbonyl (C=O) groups is 3. The second-order valence-corrected chi connectivity index (χ2v) is 7.87. The molecule has 1 aromatic carbocycles. The molecule has 7 heteroatoms. The van der Waals surface area contributed by atoms with Crippen LogP contribution in [0.4, 0.5) is 0 Å². The van der Waals surface area contributed by atoms with Gasteiger partial charge in [-0.3, -0.25) is 24.3 Å². The SMILES string of the molecule is CCCCC(NC(=O)c1cccnc1/C=C/c1ccc(CN(CC)CC)cc1)C(=O)C(N)=O. The monoisotopic (exact) mass is 450 g/mol. The van der Waals surface area contributed by atoms with Crippen LogP contribution >= 0.6 is 0 Å². The van der Waals surface area contributed by atoms with Gasteiger partial charge in [-0.1, -0.05) is 64.0 Å². The van der Waals surface area contributed by atoms with Gasteiger partial charge in [-0.2, -0.15) is 0 Å². The zero-order chi connectivity index (χ0) is 24.2. The highest BCUT2D eigenvalue weighted by Crippen LogP contribution is 2.14. The fourth-order valence-corrected chi connectivity index (χ4v) is 3.44. The van der Waals surface area contributed by atoms with Gasteiger partial charge in [0.2, 0.25) is 5.78 Å². The van der Waals surface area contributed by atoms with Crippen molar-refractivity contribution in [1.29, 1.82) is 0 Å². The van der Waals surface area contributed by atoms with Gasteiger partial charge in [0.15, 0.2) is 0 Å². The molecular weight excluding hydrogens is 416 g/mol. The van der Waals surface area contributed by atoms with Crippen LogP contribution in [-0.4, -0.2) is 46.6 Å². The van der Waals surface area contributed by atoms with Crippen molar-refractivity contribution in [2.75, 3.05) is 13.1 Å². The fraction of sp³-hybridized carbons (Fsp3) is 0.385. The third-order valence-electron chi connectivity index (χ3n) is 5.51. The Bertz CT molecular complexity index is 966. The van der Waals surface area contributed by atoms with Crippen molar-refractivity contribution < 1.29 is 14.4 Å². The lowest BCUT2D eigenvalue weighted by atomic mass is 10.0. The van der Waals surface area contributed by atoms with E-state index in [1.807, 2.05) is 25.1 Å². The first-order valence-corrected chi connectivity index (χ1v) is 11.5. The predicted molar refractivity (Wildman–Crippen MR) is 131 cm³/mol. The van der Waals surface area contributed by atoms with Crippen LogP contribution in [0.2, 0.25) is 0 Å². The van der Waals surface area contributed by atoms with Crippen molar-refractivity contribution in [2.45, 2.75) is 52.6 Å². The number of nitrogens with one attached hydrogen (secondary N) is 1. The molecule has 0 radical (unpaired) electrons. The number of rotatable bonds is 13. The maximum absolute atomic E-state index is 12.9. The highest BCUT2D eigenvalue weighted by Gasteiger charge is 2.25. The van der Waals surface area contributed by atoms with Gasteiger partial charge in [-0.25, -0.2) is 0 Å². The van der Waals surface area contributed by atoms with Crippen molar-refractivity contribution in [3.8, 4) is 0 Å². The number of aromatic nitrogens is 1. The Morgan fingerprint density at radius 1 is 1.06 bits per heavy atom. The first kappa shape index (κ1) is 25.9. The van der Waals surface area contributed by atoms with Crippen LogP contribution < -0.4 is 11.1 Å². The molecule has 1 atom stereocenters. The Kier molecular flexibility index (Phi) is 10.4. The molecule has 0 aliphatic heterocycles. The van der Waals surface area contributed by atoms with Crippen LogP contribution in [0.3, 0.4) is 0 Å². The van der Waals surface area contributed by atoms with E-state index >= 15 is 0 Å². The van der Waals surface area contributed by atoms with Gasteiger partial charge in [-0.15, -0.1) is 0 Å². The van der Waals surface area contributed by atoms with E-state index in [0.29, 0.717) is 24.1 Å². The number of carbonyl (C=O) groups excluding carboxylic acids is 3. The zero-order valence-corrected chi connectivity index (χ0v) is 19.7. The Morgan fingerprint density at radius 3 is 2.36 bits per heavy atom. The molecule has 0 saturated heterocycles. The van der Waals surface area contributed by atoms with Crippen LogP contribution in [0.5, 0.6) is 0 Å². The lowest BCUT2D eigenvalue weighted by Crippen LogP contribution is -2.46. The molecule has 1 unspecified atom stereocenters. The number of benzene rings is 1. The van der Waals surface area contributed by atoms with Crippen LogP contribution in [0.15, 0.2) is 42.6 Å². The zero-order valence-electron chi connectivity index (χ0n) is 19.7. The van der Waals surface area contributed by atoms with Crippen molar-refractivity contribution in [3.05, 3.63) is 65.0 Å². The minimum Gasteiger partial charge on any atom is -0.363 e. The van der Waals surface area contributed by atoms with E-state index in [1.165, 1.54) is 5.56 Å². The quantitative estimate of drug-likeness (QED) is 0.455. The van der Waals surface area contributed by atoms with Crippen LogP contribution in [0, 0.1) is 0 Å². The summed E-state index contributed by atoms with van der Waals surface area (Å²) in [5.74, 6) is -2.30. The van der Waals surface area contributed by atoms with Gasteiger partial charge in [0.1, 0.15) is 0 Å². The minimum absolute atomic E-state index is 0.325. The van der Waals surface area contributed by atoms with Crippen LogP contribution in [-0.2, 0) is 16.1 Å². The van der Waals surface area contributed by atoms with Gasteiger partial charge in [-0.05, 0) is 48.8 Å². The third kappa shape index (κ3) is 7.95. The molecule has 2 aromatic rings. The van der Waals surface area contributed by atoms with E-state index in [4.69, 9.17) is 5.73 Å². The van der Waals surface area contributed by atoms with E-state index in [2.05, 4.69) is 41.2 Å². The number of hydrogen-bond donors (Lipinski definition) is 2. The number of unbranched alkanes of at least 4 members (excludes halogenated alkanes) is 1. The van der Waals surface area contributed by atoms with Gasteiger partial charge in [0, 0.05) is 12.7 Å². The molecule has 2 amide bonds. The summed E-state index contributed by atoms with van der Waals surface area (Å²) in [6.45, 7) is 9.19. The maximum atomic E-state index is 12.9. The number of nitrogens with two attached hydrogens (primary N) is 1. The van der Waals surface area contributed by atoms with Crippen molar-refractivity contribution in [3.63, 3.8) is 0 Å². The number of Topliss-reactive ketones (excluding diaryl/α,β-unsaturated/α-hetero) is 1. The summed E-state index contributed by atoms with van der Waals surface area (Å²) in [4.78, 5) is 43.0. The molecule has 1 heterocycles. The second kappa shape index (κ2) is 13.3. The van der Waals surface area contributed by atoms with E-state index < -0.39 is 23.6 Å². The van der Waals surface area contributed by atoms with Crippen molar-refractivity contribution >= 4 is 29.7 Å². The summed E-state index contributed by atoms with van der Waals surface area (Å²) >= 11 is 0. The maximum Gasteiger partial charge on any atom is 0.287 e. The van der Waals surface area contributed by atoms with Gasteiger partial charge in [0.25, 0.3) is 11.8 Å². The number of nitrogens with zero attached hydrogens (tertiary/aromatic N) is 2. The van der Waals surface area contributed by atoms with E-state index in [0.717, 1.165) is 31.6 Å². The first-order valence-electron chi connectivity index (χ1n) is 11.5. The molecule has 3 N–H and O–H groups in total. The smallest absolute Gasteiger partial charge is 0.287 e. The normalized spacial score (nSPS) is 12.1. The molecule has 7 nitrogen and oxygen atoms in total. The predicted octanol–water partition coefficient (Wildman–Crippen LogP) is 3.44. The summed E-state index contributed by atoms with van der Waals surface area (Å²) in [6.07, 6.45) is 7.14. The number of amides is 2. The molecule has 0 bridgehead atoms. The average Bonchev–Trinajstić information content (AvgIpc) is 2.84. The Labute approximate surface area is 196 Å². The summed E-state index contributed by atoms with van der Waals surface area (Å²) < 4.78 is 0. The molecular formula is C26H34N4O3. The molecule has 0 spiro atoms. The molecule has 0 saturated carbocycles. The molecule has 1 aromatic heterocycles. The fourth-order valence-electron chi connectivity index (χ4n) is 3.44. The van der Waals surface area contributed by atoms with E-state index in [1.54, 1.807) is 24.4 Å². The summed E-state index contributed by atoms with van der Waals surface area (Å²) in [6, 6.07) is 10.6. The Balaban J connectivity index is 2.15. The number of hydrogen-bond acceptors (Lipinski definition) is 5. The Morgan fingerprint density at radius 2 is 1.76 bits per heavy atom. The summed E-state index contributed by atoms with van der Waals surface area (Å²) in [7, 11) is 0.